The van der Waals surface area contributed by atoms with Crippen molar-refractivity contribution in [1.82, 2.24) is 25.4 Å². The number of para-hydroxylation sites is 1. The lowest BCUT2D eigenvalue weighted by atomic mass is 10.1. The lowest BCUT2D eigenvalue weighted by Crippen LogP contribution is -2.53. The van der Waals surface area contributed by atoms with E-state index >= 15 is 0 Å². The first kappa shape index (κ1) is 28.9. The molecule has 12 heteroatoms. The Morgan fingerprint density at radius 1 is 1.12 bits per heavy atom. The van der Waals surface area contributed by atoms with Crippen LogP contribution < -0.4 is 20.7 Å². The molecule has 40 heavy (non-hydrogen) atoms. The second-order valence-corrected chi connectivity index (χ2v) is 10.1. The van der Waals surface area contributed by atoms with Crippen molar-refractivity contribution in [3.05, 3.63) is 64.3 Å². The largest absolute Gasteiger partial charge is 0.491 e. The number of amides is 4. The molecule has 0 saturated heterocycles. The van der Waals surface area contributed by atoms with Gasteiger partial charge in [-0.1, -0.05) is 29.8 Å². The summed E-state index contributed by atoms with van der Waals surface area (Å²) < 4.78 is 7.45. The van der Waals surface area contributed by atoms with Gasteiger partial charge < -0.3 is 35.3 Å². The molecule has 4 amide bonds. The zero-order chi connectivity index (χ0) is 29.0. The van der Waals surface area contributed by atoms with Crippen LogP contribution in [-0.2, 0) is 16.6 Å². The number of carbonyl (C=O) groups excluding carboxylic acids is 4. The van der Waals surface area contributed by atoms with Gasteiger partial charge in [0.25, 0.3) is 11.8 Å². The van der Waals surface area contributed by atoms with Crippen molar-refractivity contribution >= 4 is 46.1 Å². The van der Waals surface area contributed by atoms with E-state index in [1.165, 1.54) is 17.9 Å². The van der Waals surface area contributed by atoms with Crippen molar-refractivity contribution in [2.75, 3.05) is 32.8 Å². The second kappa shape index (κ2) is 12.4. The Kier molecular flexibility index (Phi) is 8.96. The third kappa shape index (κ3) is 6.37. The molecule has 0 radical (unpaired) electrons. The number of hydrogen-bond acceptors (Lipinski definition) is 6. The van der Waals surface area contributed by atoms with E-state index in [1.807, 2.05) is 13.0 Å². The van der Waals surface area contributed by atoms with E-state index in [2.05, 4.69) is 16.0 Å². The number of hydrogen-bond donors (Lipinski definition) is 4. The van der Waals surface area contributed by atoms with E-state index in [4.69, 9.17) is 16.3 Å². The van der Waals surface area contributed by atoms with Gasteiger partial charge in [-0.05, 0) is 43.7 Å². The fourth-order valence-electron chi connectivity index (χ4n) is 4.52. The Bertz CT molecular complexity index is 1450. The van der Waals surface area contributed by atoms with Crippen LogP contribution in [0.2, 0.25) is 5.02 Å². The highest BCUT2D eigenvalue weighted by atomic mass is 35.5. The molecule has 2 aromatic carbocycles. The van der Waals surface area contributed by atoms with Gasteiger partial charge >= 0.3 is 0 Å². The number of aliphatic hydroxyl groups is 1. The molecule has 1 aliphatic heterocycles. The number of halogens is 1. The lowest BCUT2D eigenvalue weighted by molar-refractivity contribution is -0.125. The Hall–Kier alpha value is -4.09. The molecule has 0 saturated carbocycles. The number of nitrogens with zero attached hydrogens (tertiary/aromatic N) is 2. The summed E-state index contributed by atoms with van der Waals surface area (Å²) in [5, 5.41) is 19.4. The van der Waals surface area contributed by atoms with Crippen molar-refractivity contribution in [2.45, 2.75) is 26.0 Å². The molecule has 0 aliphatic carbocycles. The van der Waals surface area contributed by atoms with Gasteiger partial charge in [0.1, 0.15) is 24.1 Å². The van der Waals surface area contributed by atoms with Crippen LogP contribution in [0.4, 0.5) is 0 Å². The first-order valence-electron chi connectivity index (χ1n) is 12.9. The summed E-state index contributed by atoms with van der Waals surface area (Å²) in [6, 6.07) is 10.6. The van der Waals surface area contributed by atoms with Gasteiger partial charge in [0.2, 0.25) is 11.8 Å². The van der Waals surface area contributed by atoms with Crippen LogP contribution in [0.3, 0.4) is 0 Å². The number of nitrogens with one attached hydrogen (secondary N) is 3. The maximum absolute atomic E-state index is 13.6. The first-order valence-corrected chi connectivity index (χ1v) is 13.2. The molecule has 3 aromatic rings. The summed E-state index contributed by atoms with van der Waals surface area (Å²) in [5.41, 5.74) is 2.03. The van der Waals surface area contributed by atoms with E-state index in [1.54, 1.807) is 41.9 Å². The molecule has 4 rings (SSSR count). The SMILES string of the molecule is Cc1ccc2cc1OCCNC(=O)CN(C(=O)c1cc3cccc(Cl)c3n1C)CCNC(=O)[C@H]([C@@H](C)O)NC2=O. The summed E-state index contributed by atoms with van der Waals surface area (Å²) in [6.45, 7) is 3.19. The fraction of sp³-hybridized carbons (Fsp3) is 0.357. The second-order valence-electron chi connectivity index (χ2n) is 9.65. The summed E-state index contributed by atoms with van der Waals surface area (Å²) in [6.07, 6.45) is -1.20. The van der Waals surface area contributed by atoms with Gasteiger partial charge in [0, 0.05) is 31.1 Å². The minimum Gasteiger partial charge on any atom is -0.491 e. The number of rotatable bonds is 2. The zero-order valence-corrected chi connectivity index (χ0v) is 23.2. The predicted octanol–water partition coefficient (Wildman–Crippen LogP) is 1.39. The number of aryl methyl sites for hydroxylation is 2. The molecule has 4 N–H and O–H groups in total. The maximum Gasteiger partial charge on any atom is 0.271 e. The van der Waals surface area contributed by atoms with Crippen molar-refractivity contribution in [3.8, 4) is 5.75 Å². The van der Waals surface area contributed by atoms with Gasteiger partial charge in [-0.25, -0.2) is 0 Å². The molecule has 1 aliphatic rings. The molecule has 0 unspecified atom stereocenters. The van der Waals surface area contributed by atoms with Crippen molar-refractivity contribution in [1.29, 1.82) is 0 Å². The van der Waals surface area contributed by atoms with Gasteiger partial charge in [-0.3, -0.25) is 19.2 Å². The summed E-state index contributed by atoms with van der Waals surface area (Å²) in [7, 11) is 1.72. The molecule has 11 nitrogen and oxygen atoms in total. The summed E-state index contributed by atoms with van der Waals surface area (Å²) in [4.78, 5) is 53.6. The molecule has 0 spiro atoms. The number of benzene rings is 2. The first-order chi connectivity index (χ1) is 19.1. The molecular formula is C28H32ClN5O6. The molecule has 1 aromatic heterocycles. The van der Waals surface area contributed by atoms with Gasteiger partial charge in [-0.15, -0.1) is 0 Å². The molecule has 2 bridgehead atoms. The van der Waals surface area contributed by atoms with Crippen LogP contribution in [0, 0.1) is 6.92 Å². The highest BCUT2D eigenvalue weighted by molar-refractivity contribution is 6.35. The average Bonchev–Trinajstić information content (AvgIpc) is 3.26. The fourth-order valence-corrected chi connectivity index (χ4v) is 4.83. The topological polar surface area (TPSA) is 142 Å². The molecule has 2 atom stereocenters. The molecule has 212 valence electrons. The van der Waals surface area contributed by atoms with Crippen molar-refractivity contribution in [2.24, 2.45) is 7.05 Å². The Balaban J connectivity index is 1.60. The monoisotopic (exact) mass is 569 g/mol. The van der Waals surface area contributed by atoms with Crippen LogP contribution in [0.15, 0.2) is 42.5 Å². The standard InChI is InChI=1S/C28H32ClN5O6/c1-16-7-8-19-14-22(16)40-12-10-30-23(36)15-34(11-9-31-27(38)24(17(2)35)32-26(19)37)28(39)21-13-18-5-4-6-20(29)25(18)33(21)3/h4-8,13-14,17,24,35H,9-12,15H2,1-3H3,(H,30,36)(H,31,38)(H,32,37)/t17-,24+/m1/s1. The van der Waals surface area contributed by atoms with Crippen molar-refractivity contribution in [3.63, 3.8) is 0 Å². The highest BCUT2D eigenvalue weighted by Gasteiger charge is 2.28. The van der Waals surface area contributed by atoms with Crippen LogP contribution in [0.5, 0.6) is 5.75 Å². The summed E-state index contributed by atoms with van der Waals surface area (Å²) >= 11 is 6.35. The Morgan fingerprint density at radius 2 is 1.90 bits per heavy atom. The minimum absolute atomic E-state index is 0.00972. The van der Waals surface area contributed by atoms with E-state index in [0.29, 0.717) is 22.0 Å². The number of fused-ring (bicyclic) bond motifs is 3. The predicted molar refractivity (Wildman–Crippen MR) is 149 cm³/mol. The van der Waals surface area contributed by atoms with Crippen LogP contribution >= 0.6 is 11.6 Å². The van der Waals surface area contributed by atoms with Crippen molar-refractivity contribution < 1.29 is 29.0 Å². The third-order valence-electron chi connectivity index (χ3n) is 6.71. The highest BCUT2D eigenvalue weighted by Crippen LogP contribution is 2.27. The van der Waals surface area contributed by atoms with Crippen LogP contribution in [-0.4, -0.2) is 83.1 Å². The van der Waals surface area contributed by atoms with E-state index < -0.39 is 35.8 Å². The normalized spacial score (nSPS) is 18.3. The molecule has 2 heterocycles. The Morgan fingerprint density at radius 3 is 2.62 bits per heavy atom. The number of carbonyl (C=O) groups is 4. The lowest BCUT2D eigenvalue weighted by Gasteiger charge is -2.24. The number of ether oxygens (including phenoxy) is 1. The summed E-state index contributed by atoms with van der Waals surface area (Å²) in [5.74, 6) is -1.59. The smallest absolute Gasteiger partial charge is 0.271 e. The number of aromatic nitrogens is 1. The zero-order valence-electron chi connectivity index (χ0n) is 22.5. The average molecular weight is 570 g/mol. The van der Waals surface area contributed by atoms with Gasteiger partial charge in [0.05, 0.1) is 29.7 Å². The van der Waals surface area contributed by atoms with E-state index in [-0.39, 0.29) is 38.3 Å². The molecular weight excluding hydrogens is 538 g/mol. The quantitative estimate of drug-likeness (QED) is 0.367. The van der Waals surface area contributed by atoms with Crippen LogP contribution in [0.25, 0.3) is 10.9 Å². The third-order valence-corrected chi connectivity index (χ3v) is 7.02. The van der Waals surface area contributed by atoms with Crippen LogP contribution in [0.1, 0.15) is 33.3 Å². The van der Waals surface area contributed by atoms with E-state index in [9.17, 15) is 24.3 Å². The van der Waals surface area contributed by atoms with Gasteiger partial charge in [-0.2, -0.15) is 0 Å². The maximum atomic E-state index is 13.6. The van der Waals surface area contributed by atoms with E-state index in [0.717, 1.165) is 10.9 Å². The number of aliphatic hydroxyl groups excluding tert-OH is 1. The Labute approximate surface area is 236 Å². The molecule has 0 fully saturated rings. The van der Waals surface area contributed by atoms with Gasteiger partial charge in [0.15, 0.2) is 0 Å². The minimum atomic E-state index is -1.25.